The van der Waals surface area contributed by atoms with E-state index in [4.69, 9.17) is 4.52 Å². The van der Waals surface area contributed by atoms with Gasteiger partial charge in [0.25, 0.3) is 0 Å². The van der Waals surface area contributed by atoms with Crippen LogP contribution in [0.2, 0.25) is 0 Å². The molecule has 0 aliphatic heterocycles. The normalized spacial score (nSPS) is 12.8. The zero-order valence-electron chi connectivity index (χ0n) is 13.9. The number of aryl methyl sites for hydroxylation is 1. The van der Waals surface area contributed by atoms with Gasteiger partial charge in [-0.15, -0.1) is 0 Å². The second-order valence-corrected chi connectivity index (χ2v) is 7.89. The lowest BCUT2D eigenvalue weighted by Crippen LogP contribution is -2.38. The summed E-state index contributed by atoms with van der Waals surface area (Å²) in [5, 5.41) is 5.24. The minimum Gasteiger partial charge on any atom is -0.355 e. The fourth-order valence-electron chi connectivity index (χ4n) is 2.10. The highest BCUT2D eigenvalue weighted by atomic mass is 32.2. The number of benzene rings is 1. The predicted octanol–water partition coefficient (Wildman–Crippen LogP) is 1.87. The lowest BCUT2D eigenvalue weighted by molar-refractivity contribution is -0.120. The molecular formula is C16H21N3O4S. The Morgan fingerprint density at radius 1 is 1.33 bits per heavy atom. The molecule has 0 unspecified atom stereocenters. The van der Waals surface area contributed by atoms with Crippen LogP contribution in [0.25, 0.3) is 11.4 Å². The van der Waals surface area contributed by atoms with Crippen LogP contribution >= 0.6 is 0 Å². The van der Waals surface area contributed by atoms with Gasteiger partial charge in [0.2, 0.25) is 17.6 Å². The van der Waals surface area contributed by atoms with Gasteiger partial charge in [0, 0.05) is 12.1 Å². The highest BCUT2D eigenvalue weighted by molar-refractivity contribution is 7.92. The second kappa shape index (κ2) is 7.57. The van der Waals surface area contributed by atoms with Crippen LogP contribution in [0.4, 0.5) is 0 Å². The lowest BCUT2D eigenvalue weighted by atomic mass is 10.1. The van der Waals surface area contributed by atoms with Crippen molar-refractivity contribution in [2.24, 2.45) is 0 Å². The van der Waals surface area contributed by atoms with Gasteiger partial charge in [0.1, 0.15) is 11.0 Å². The lowest BCUT2D eigenvalue weighted by Gasteiger charge is -2.11. The summed E-state index contributed by atoms with van der Waals surface area (Å²) in [7, 11) is -3.73. The molecule has 2 rings (SSSR count). The minimum atomic E-state index is -3.73. The van der Waals surface area contributed by atoms with Crippen LogP contribution in [0.1, 0.15) is 31.7 Å². The average Bonchev–Trinajstić information content (AvgIpc) is 2.99. The molecule has 1 amide bonds. The summed E-state index contributed by atoms with van der Waals surface area (Å²) in [5.74, 6) is -0.674. The van der Waals surface area contributed by atoms with E-state index in [1.54, 1.807) is 0 Å². The average molecular weight is 351 g/mol. The number of amides is 1. The summed E-state index contributed by atoms with van der Waals surface area (Å²) in [4.78, 5) is 16.0. The number of carbonyl (C=O) groups excluding carboxylic acids is 1. The number of nitrogens with one attached hydrogen (secondary N) is 1. The molecule has 0 bridgehead atoms. The smallest absolute Gasteiger partial charge is 0.242 e. The Balaban J connectivity index is 2.14. The maximum absolute atomic E-state index is 12.3. The summed E-state index contributed by atoms with van der Waals surface area (Å²) in [5.41, 5.74) is 1.73. The topological polar surface area (TPSA) is 102 Å². The van der Waals surface area contributed by atoms with E-state index in [9.17, 15) is 13.2 Å². The third-order valence-corrected chi connectivity index (χ3v) is 5.58. The molecule has 24 heavy (non-hydrogen) atoms. The summed E-state index contributed by atoms with van der Waals surface area (Å²) >= 11 is 0. The predicted molar refractivity (Wildman–Crippen MR) is 89.9 cm³/mol. The molecule has 0 saturated carbocycles. The number of hydrogen-bond donors (Lipinski definition) is 1. The standard InChI is InChI=1S/C16H21N3O4S/c1-4-9-17-16(20)12(3)24(21,22)10-14-18-15(19-23-14)13-8-6-5-7-11(13)2/h5-8,12H,4,9-10H2,1-3H3,(H,17,20)/t12-/m0/s1. The van der Waals surface area contributed by atoms with Crippen molar-refractivity contribution in [1.29, 1.82) is 0 Å². The zero-order valence-corrected chi connectivity index (χ0v) is 14.8. The van der Waals surface area contributed by atoms with E-state index in [1.807, 2.05) is 38.1 Å². The molecule has 130 valence electrons. The van der Waals surface area contributed by atoms with Gasteiger partial charge in [-0.25, -0.2) is 8.42 Å². The highest BCUT2D eigenvalue weighted by Gasteiger charge is 2.30. The van der Waals surface area contributed by atoms with E-state index in [0.29, 0.717) is 12.4 Å². The number of nitrogens with zero attached hydrogens (tertiary/aromatic N) is 2. The van der Waals surface area contributed by atoms with Gasteiger partial charge in [-0.1, -0.05) is 36.3 Å². The van der Waals surface area contributed by atoms with E-state index in [-0.39, 0.29) is 5.89 Å². The molecule has 7 nitrogen and oxygen atoms in total. The summed E-state index contributed by atoms with van der Waals surface area (Å²) in [6.07, 6.45) is 0.738. The number of sulfone groups is 1. The molecule has 1 aromatic carbocycles. The number of rotatable bonds is 7. The van der Waals surface area contributed by atoms with Gasteiger partial charge < -0.3 is 9.84 Å². The first kappa shape index (κ1) is 18.1. The van der Waals surface area contributed by atoms with Gasteiger partial charge in [-0.3, -0.25) is 4.79 Å². The van der Waals surface area contributed by atoms with E-state index >= 15 is 0 Å². The van der Waals surface area contributed by atoms with Crippen molar-refractivity contribution in [1.82, 2.24) is 15.5 Å². The first-order valence-electron chi connectivity index (χ1n) is 7.73. The fourth-order valence-corrected chi connectivity index (χ4v) is 3.22. The molecule has 1 aromatic heterocycles. The number of aromatic nitrogens is 2. The molecule has 0 saturated heterocycles. The molecule has 0 aliphatic rings. The third-order valence-electron chi connectivity index (χ3n) is 3.64. The van der Waals surface area contributed by atoms with Crippen molar-refractivity contribution >= 4 is 15.7 Å². The van der Waals surface area contributed by atoms with Gasteiger partial charge in [0.15, 0.2) is 9.84 Å². The van der Waals surface area contributed by atoms with Gasteiger partial charge >= 0.3 is 0 Å². The van der Waals surface area contributed by atoms with Crippen LogP contribution in [0.3, 0.4) is 0 Å². The molecule has 0 spiro atoms. The van der Waals surface area contributed by atoms with Crippen molar-refractivity contribution in [3.8, 4) is 11.4 Å². The molecule has 0 aliphatic carbocycles. The van der Waals surface area contributed by atoms with Crippen LogP contribution in [0.15, 0.2) is 28.8 Å². The number of carbonyl (C=O) groups is 1. The molecule has 1 atom stereocenters. The van der Waals surface area contributed by atoms with Crippen molar-refractivity contribution in [2.75, 3.05) is 6.54 Å². The van der Waals surface area contributed by atoms with Crippen molar-refractivity contribution < 1.29 is 17.7 Å². The first-order chi connectivity index (χ1) is 11.3. The zero-order chi connectivity index (χ0) is 17.7. The molecule has 8 heteroatoms. The van der Waals surface area contributed by atoms with Gasteiger partial charge in [0.05, 0.1) is 0 Å². The Morgan fingerprint density at radius 2 is 2.04 bits per heavy atom. The van der Waals surface area contributed by atoms with Crippen molar-refractivity contribution in [3.63, 3.8) is 0 Å². The molecular weight excluding hydrogens is 330 g/mol. The van der Waals surface area contributed by atoms with Crippen LogP contribution < -0.4 is 5.32 Å². The first-order valence-corrected chi connectivity index (χ1v) is 9.44. The highest BCUT2D eigenvalue weighted by Crippen LogP contribution is 2.21. The molecule has 0 fully saturated rings. The Kier molecular flexibility index (Phi) is 5.71. The van der Waals surface area contributed by atoms with E-state index < -0.39 is 26.7 Å². The van der Waals surface area contributed by atoms with Crippen molar-refractivity contribution in [3.05, 3.63) is 35.7 Å². The maximum atomic E-state index is 12.3. The maximum Gasteiger partial charge on any atom is 0.242 e. The third kappa shape index (κ3) is 4.19. The van der Waals surface area contributed by atoms with E-state index in [1.165, 1.54) is 6.92 Å². The van der Waals surface area contributed by atoms with E-state index in [2.05, 4.69) is 15.5 Å². The summed E-state index contributed by atoms with van der Waals surface area (Å²) < 4.78 is 29.7. The quantitative estimate of drug-likeness (QED) is 0.817. The van der Waals surface area contributed by atoms with Gasteiger partial charge in [-0.05, 0) is 25.8 Å². The summed E-state index contributed by atoms with van der Waals surface area (Å²) in [6, 6.07) is 7.47. The fraction of sp³-hybridized carbons (Fsp3) is 0.438. The SMILES string of the molecule is CCCNC(=O)[C@H](C)S(=O)(=O)Cc1nc(-c2ccccc2C)no1. The summed E-state index contributed by atoms with van der Waals surface area (Å²) in [6.45, 7) is 5.60. The second-order valence-electron chi connectivity index (χ2n) is 5.57. The molecule has 1 N–H and O–H groups in total. The molecule has 2 aromatic rings. The van der Waals surface area contributed by atoms with Crippen LogP contribution in [0, 0.1) is 6.92 Å². The van der Waals surface area contributed by atoms with Gasteiger partial charge in [-0.2, -0.15) is 4.98 Å². The Morgan fingerprint density at radius 3 is 2.71 bits per heavy atom. The monoisotopic (exact) mass is 351 g/mol. The largest absolute Gasteiger partial charge is 0.355 e. The Labute approximate surface area is 141 Å². The Bertz CT molecular complexity index is 814. The van der Waals surface area contributed by atoms with E-state index in [0.717, 1.165) is 17.5 Å². The molecule has 0 radical (unpaired) electrons. The number of hydrogen-bond acceptors (Lipinski definition) is 6. The van der Waals surface area contributed by atoms with Crippen LogP contribution in [0.5, 0.6) is 0 Å². The van der Waals surface area contributed by atoms with Crippen molar-refractivity contribution in [2.45, 2.75) is 38.2 Å². The Hall–Kier alpha value is -2.22. The minimum absolute atomic E-state index is 0.0246. The molecule has 1 heterocycles. The van der Waals surface area contributed by atoms with Crippen LogP contribution in [-0.4, -0.2) is 36.3 Å². The van der Waals surface area contributed by atoms with Crippen LogP contribution in [-0.2, 0) is 20.4 Å².